The predicted molar refractivity (Wildman–Crippen MR) is 48.3 cm³/mol. The van der Waals surface area contributed by atoms with Gasteiger partial charge < -0.3 is 0 Å². The average Bonchev–Trinajstić information content (AvgIpc) is 2.43. The minimum Gasteiger partial charge on any atom is -0.269 e. The lowest BCUT2D eigenvalue weighted by Crippen LogP contribution is -2.31. The zero-order chi connectivity index (χ0) is 10.1. The Morgan fingerprint density at radius 2 is 2.07 bits per heavy atom. The molecule has 1 aromatic heterocycles. The van der Waals surface area contributed by atoms with E-state index in [-0.39, 0.29) is 17.6 Å². The predicted octanol–water partition coefficient (Wildman–Crippen LogP) is 0.296. The molecule has 2 amide bonds. The van der Waals surface area contributed by atoms with Gasteiger partial charge in [0.05, 0.1) is 6.20 Å². The van der Waals surface area contributed by atoms with Crippen molar-refractivity contribution in [1.29, 1.82) is 0 Å². The van der Waals surface area contributed by atoms with Crippen LogP contribution < -0.4 is 4.90 Å². The summed E-state index contributed by atoms with van der Waals surface area (Å²) >= 11 is 0. The zero-order valence-electron chi connectivity index (χ0n) is 7.47. The number of aromatic nitrogens is 2. The zero-order valence-corrected chi connectivity index (χ0v) is 7.47. The fraction of sp³-hybridized carbons (Fsp3) is 0.111. The average molecular weight is 189 g/mol. The third kappa shape index (κ3) is 1.19. The molecule has 5 nitrogen and oxygen atoms in total. The molecule has 0 N–H and O–H groups in total. The second-order valence-corrected chi connectivity index (χ2v) is 2.87. The van der Waals surface area contributed by atoms with Crippen LogP contribution in [0.3, 0.4) is 0 Å². The van der Waals surface area contributed by atoms with Gasteiger partial charge in [-0.15, -0.1) is 0 Å². The molecule has 0 radical (unpaired) electrons. The first kappa shape index (κ1) is 8.55. The molecule has 0 aliphatic carbocycles. The first-order chi connectivity index (χ1) is 6.70. The number of imide groups is 1. The summed E-state index contributed by atoms with van der Waals surface area (Å²) in [4.78, 5) is 31.5. The molecule has 0 saturated carbocycles. The van der Waals surface area contributed by atoms with E-state index in [1.54, 1.807) is 6.92 Å². The quantitative estimate of drug-likeness (QED) is 0.596. The third-order valence-electron chi connectivity index (χ3n) is 1.88. The van der Waals surface area contributed by atoms with Gasteiger partial charge in [-0.1, -0.05) is 0 Å². The lowest BCUT2D eigenvalue weighted by Gasteiger charge is -2.11. The molecule has 0 fully saturated rings. The molecule has 70 valence electrons. The van der Waals surface area contributed by atoms with E-state index >= 15 is 0 Å². The Morgan fingerprint density at radius 3 is 2.57 bits per heavy atom. The summed E-state index contributed by atoms with van der Waals surface area (Å²) in [5.74, 6) is -0.445. The van der Waals surface area contributed by atoms with Crippen LogP contribution >= 0.6 is 0 Å². The summed E-state index contributed by atoms with van der Waals surface area (Å²) in [5.41, 5.74) is 0.417. The van der Waals surface area contributed by atoms with Gasteiger partial charge in [-0.25, -0.2) is 9.88 Å². The van der Waals surface area contributed by atoms with Crippen LogP contribution in [0.5, 0.6) is 0 Å². The van der Waals surface area contributed by atoms with Crippen molar-refractivity contribution in [3.63, 3.8) is 0 Å². The minimum atomic E-state index is -0.368. The monoisotopic (exact) mass is 189 g/mol. The van der Waals surface area contributed by atoms with E-state index in [0.29, 0.717) is 5.57 Å². The summed E-state index contributed by atoms with van der Waals surface area (Å²) in [6, 6.07) is 0. The number of carbonyl (C=O) groups is 2. The molecule has 1 aromatic rings. The van der Waals surface area contributed by atoms with Crippen molar-refractivity contribution in [3.05, 3.63) is 30.2 Å². The van der Waals surface area contributed by atoms with Crippen LogP contribution in [0.4, 0.5) is 5.82 Å². The molecule has 0 saturated heterocycles. The van der Waals surface area contributed by atoms with E-state index in [0.717, 1.165) is 4.90 Å². The van der Waals surface area contributed by atoms with Gasteiger partial charge in [-0.05, 0) is 6.92 Å². The molecule has 0 spiro atoms. The van der Waals surface area contributed by atoms with Crippen LogP contribution in [0.25, 0.3) is 0 Å². The van der Waals surface area contributed by atoms with Gasteiger partial charge in [0.2, 0.25) is 0 Å². The second kappa shape index (κ2) is 3.02. The first-order valence-electron chi connectivity index (χ1n) is 4.03. The third-order valence-corrected chi connectivity index (χ3v) is 1.88. The summed E-state index contributed by atoms with van der Waals surface area (Å²) < 4.78 is 0. The van der Waals surface area contributed by atoms with E-state index in [1.807, 2.05) is 0 Å². The highest BCUT2D eigenvalue weighted by Crippen LogP contribution is 2.18. The van der Waals surface area contributed by atoms with Gasteiger partial charge in [-0.2, -0.15) is 0 Å². The van der Waals surface area contributed by atoms with E-state index in [9.17, 15) is 9.59 Å². The molecule has 0 aromatic carbocycles. The minimum absolute atomic E-state index is 0.260. The highest BCUT2D eigenvalue weighted by atomic mass is 16.2. The molecule has 0 bridgehead atoms. The number of hydrogen-bond acceptors (Lipinski definition) is 4. The molecule has 1 aliphatic heterocycles. The van der Waals surface area contributed by atoms with Crippen molar-refractivity contribution < 1.29 is 9.59 Å². The van der Waals surface area contributed by atoms with Gasteiger partial charge in [0.25, 0.3) is 11.8 Å². The molecule has 5 heteroatoms. The van der Waals surface area contributed by atoms with Crippen molar-refractivity contribution in [1.82, 2.24) is 9.97 Å². The molecule has 14 heavy (non-hydrogen) atoms. The lowest BCUT2D eigenvalue weighted by atomic mass is 10.3. The van der Waals surface area contributed by atoms with Crippen LogP contribution in [0, 0.1) is 0 Å². The number of hydrogen-bond donors (Lipinski definition) is 0. The summed E-state index contributed by atoms with van der Waals surface area (Å²) in [7, 11) is 0. The maximum atomic E-state index is 11.5. The number of carbonyl (C=O) groups excluding carboxylic acids is 2. The Morgan fingerprint density at radius 1 is 1.29 bits per heavy atom. The van der Waals surface area contributed by atoms with E-state index in [4.69, 9.17) is 0 Å². The summed E-state index contributed by atoms with van der Waals surface area (Å²) in [6.45, 7) is 1.59. The van der Waals surface area contributed by atoms with Crippen molar-refractivity contribution in [3.8, 4) is 0 Å². The summed E-state index contributed by atoms with van der Waals surface area (Å²) in [6.07, 6.45) is 5.58. The maximum absolute atomic E-state index is 11.5. The normalized spacial score (nSPS) is 16.1. The maximum Gasteiger partial charge on any atom is 0.262 e. The van der Waals surface area contributed by atoms with Crippen LogP contribution in [0.2, 0.25) is 0 Å². The lowest BCUT2D eigenvalue weighted by molar-refractivity contribution is -0.120. The Labute approximate surface area is 80.1 Å². The largest absolute Gasteiger partial charge is 0.269 e. The highest BCUT2D eigenvalue weighted by Gasteiger charge is 2.30. The molecular formula is C9H7N3O2. The SMILES string of the molecule is CC1=CC(=O)N(c2cnccn2)C1=O. The topological polar surface area (TPSA) is 63.2 Å². The molecule has 2 rings (SSSR count). The number of nitrogens with zero attached hydrogens (tertiary/aromatic N) is 3. The Bertz CT molecular complexity index is 425. The fourth-order valence-corrected chi connectivity index (χ4v) is 1.21. The van der Waals surface area contributed by atoms with Gasteiger partial charge >= 0.3 is 0 Å². The number of amides is 2. The molecule has 1 aliphatic rings. The smallest absolute Gasteiger partial charge is 0.262 e. The number of anilines is 1. The van der Waals surface area contributed by atoms with E-state index in [1.165, 1.54) is 24.7 Å². The van der Waals surface area contributed by atoms with Crippen molar-refractivity contribution >= 4 is 17.6 Å². The van der Waals surface area contributed by atoms with Crippen molar-refractivity contribution in [2.45, 2.75) is 6.92 Å². The fourth-order valence-electron chi connectivity index (χ4n) is 1.21. The Kier molecular flexibility index (Phi) is 1.85. The Hall–Kier alpha value is -2.04. The Balaban J connectivity index is 2.39. The second-order valence-electron chi connectivity index (χ2n) is 2.87. The van der Waals surface area contributed by atoms with Crippen LogP contribution in [-0.4, -0.2) is 21.8 Å². The van der Waals surface area contributed by atoms with Gasteiger partial charge in [0.15, 0.2) is 5.82 Å². The van der Waals surface area contributed by atoms with Gasteiger partial charge in [0.1, 0.15) is 0 Å². The van der Waals surface area contributed by atoms with E-state index < -0.39 is 0 Å². The summed E-state index contributed by atoms with van der Waals surface area (Å²) in [5, 5.41) is 0. The first-order valence-corrected chi connectivity index (χ1v) is 4.03. The van der Waals surface area contributed by atoms with E-state index in [2.05, 4.69) is 9.97 Å². The highest BCUT2D eigenvalue weighted by molar-refractivity contribution is 6.29. The molecule has 0 unspecified atom stereocenters. The molecule has 0 atom stereocenters. The molecule has 2 heterocycles. The van der Waals surface area contributed by atoms with Crippen molar-refractivity contribution in [2.24, 2.45) is 0 Å². The van der Waals surface area contributed by atoms with Crippen molar-refractivity contribution in [2.75, 3.05) is 4.90 Å². The standard InChI is InChI=1S/C9H7N3O2/c1-6-4-8(13)12(9(6)14)7-5-10-2-3-11-7/h2-5H,1H3. The number of rotatable bonds is 1. The van der Waals surface area contributed by atoms with Gasteiger partial charge in [0, 0.05) is 24.0 Å². The van der Waals surface area contributed by atoms with Gasteiger partial charge in [-0.3, -0.25) is 14.6 Å². The van der Waals surface area contributed by atoms with Crippen LogP contribution in [0.15, 0.2) is 30.2 Å². The van der Waals surface area contributed by atoms with Crippen LogP contribution in [0.1, 0.15) is 6.92 Å². The molecular weight excluding hydrogens is 182 g/mol. The van der Waals surface area contributed by atoms with Crippen LogP contribution in [-0.2, 0) is 9.59 Å².